The number of carbonyl (C=O) groups is 1. The first-order chi connectivity index (χ1) is 14.6. The number of ketones is 1. The molecular weight excluding hydrogens is 382 g/mol. The molecule has 1 aliphatic rings. The molecule has 0 bridgehead atoms. The molecule has 8 heteroatoms. The number of anilines is 2. The number of nitro benzene ring substituents is 1. The van der Waals surface area contributed by atoms with E-state index in [2.05, 4.69) is 20.2 Å². The molecule has 0 saturated carbocycles. The number of carbonyl (C=O) groups excluding carboxylic acids is 1. The van der Waals surface area contributed by atoms with E-state index in [4.69, 9.17) is 0 Å². The minimum Gasteiger partial charge on any atom is -0.375 e. The van der Waals surface area contributed by atoms with Crippen LogP contribution in [0.4, 0.5) is 17.3 Å². The van der Waals surface area contributed by atoms with Gasteiger partial charge in [0.1, 0.15) is 5.69 Å². The number of nitrogens with one attached hydrogen (secondary N) is 1. The lowest BCUT2D eigenvalue weighted by Gasteiger charge is -2.33. The maximum absolute atomic E-state index is 12.7. The van der Waals surface area contributed by atoms with Gasteiger partial charge in [0.25, 0.3) is 5.69 Å². The third-order valence-corrected chi connectivity index (χ3v) is 5.11. The van der Waals surface area contributed by atoms with Gasteiger partial charge >= 0.3 is 0 Å². The van der Waals surface area contributed by atoms with Gasteiger partial charge in [0.05, 0.1) is 4.92 Å². The quantitative estimate of drug-likeness (QED) is 0.380. The molecule has 0 unspecified atom stereocenters. The maximum Gasteiger partial charge on any atom is 0.293 e. The van der Waals surface area contributed by atoms with E-state index in [9.17, 15) is 14.9 Å². The van der Waals surface area contributed by atoms with Crippen molar-refractivity contribution in [1.82, 2.24) is 9.97 Å². The van der Waals surface area contributed by atoms with Crippen molar-refractivity contribution < 1.29 is 9.72 Å². The van der Waals surface area contributed by atoms with Crippen LogP contribution in [-0.4, -0.2) is 39.8 Å². The van der Waals surface area contributed by atoms with Gasteiger partial charge in [-0.05, 0) is 31.0 Å². The number of hydrogen-bond donors (Lipinski definition) is 1. The second kappa shape index (κ2) is 8.69. The summed E-state index contributed by atoms with van der Waals surface area (Å²) >= 11 is 0. The minimum absolute atomic E-state index is 0.0110. The first kappa shape index (κ1) is 19.5. The Hall–Kier alpha value is -3.81. The van der Waals surface area contributed by atoms with Crippen molar-refractivity contribution in [3.8, 4) is 0 Å². The van der Waals surface area contributed by atoms with Crippen molar-refractivity contribution in [2.75, 3.05) is 23.3 Å². The fourth-order valence-corrected chi connectivity index (χ4v) is 3.65. The molecule has 0 spiro atoms. The molecule has 4 rings (SSSR count). The Labute approximate surface area is 173 Å². The highest BCUT2D eigenvalue weighted by Crippen LogP contribution is 2.29. The summed E-state index contributed by atoms with van der Waals surface area (Å²) in [5, 5.41) is 15.0. The van der Waals surface area contributed by atoms with Crippen LogP contribution in [-0.2, 0) is 0 Å². The molecule has 2 heterocycles. The minimum atomic E-state index is -0.453. The van der Waals surface area contributed by atoms with Crippen LogP contribution in [0.3, 0.4) is 0 Å². The molecule has 2 aromatic carbocycles. The highest BCUT2D eigenvalue weighted by molar-refractivity contribution is 6.09. The van der Waals surface area contributed by atoms with Crippen LogP contribution < -0.4 is 10.2 Å². The zero-order valence-electron chi connectivity index (χ0n) is 16.3. The zero-order valence-corrected chi connectivity index (χ0v) is 16.3. The van der Waals surface area contributed by atoms with E-state index in [1.54, 1.807) is 54.9 Å². The first-order valence-electron chi connectivity index (χ1n) is 9.78. The zero-order chi connectivity index (χ0) is 20.9. The molecule has 8 nitrogen and oxygen atoms in total. The van der Waals surface area contributed by atoms with Crippen LogP contribution >= 0.6 is 0 Å². The molecule has 1 atom stereocenters. The van der Waals surface area contributed by atoms with E-state index in [1.165, 1.54) is 6.07 Å². The Morgan fingerprint density at radius 2 is 1.83 bits per heavy atom. The third-order valence-electron chi connectivity index (χ3n) is 5.11. The highest BCUT2D eigenvalue weighted by atomic mass is 16.6. The van der Waals surface area contributed by atoms with Crippen molar-refractivity contribution in [1.29, 1.82) is 0 Å². The topological polar surface area (TPSA) is 101 Å². The van der Waals surface area contributed by atoms with E-state index < -0.39 is 4.92 Å². The van der Waals surface area contributed by atoms with Crippen LogP contribution in [0.1, 0.15) is 28.8 Å². The Balaban J connectivity index is 1.54. The second-order valence-electron chi connectivity index (χ2n) is 7.16. The number of piperidine rings is 1. The SMILES string of the molecule is O=C(c1ccccc1)c1ccc(N[C@@H]2CCCN(c3ncccn3)C2)c([N+](=O)[O-])c1. The van der Waals surface area contributed by atoms with E-state index in [0.717, 1.165) is 19.4 Å². The highest BCUT2D eigenvalue weighted by Gasteiger charge is 2.25. The fourth-order valence-electron chi connectivity index (χ4n) is 3.65. The van der Waals surface area contributed by atoms with Crippen molar-refractivity contribution >= 4 is 23.1 Å². The van der Waals surface area contributed by atoms with Gasteiger partial charge in [-0.3, -0.25) is 14.9 Å². The summed E-state index contributed by atoms with van der Waals surface area (Å²) in [6.07, 6.45) is 5.21. The molecule has 30 heavy (non-hydrogen) atoms. The number of rotatable bonds is 6. The number of nitro groups is 1. The maximum atomic E-state index is 12.7. The summed E-state index contributed by atoms with van der Waals surface area (Å²) in [4.78, 5) is 34.5. The van der Waals surface area contributed by atoms with Crippen LogP contribution in [0, 0.1) is 10.1 Å². The lowest BCUT2D eigenvalue weighted by Crippen LogP contribution is -2.43. The van der Waals surface area contributed by atoms with Gasteiger partial charge in [-0.15, -0.1) is 0 Å². The normalized spacial score (nSPS) is 16.1. The third kappa shape index (κ3) is 4.27. The molecule has 1 aliphatic heterocycles. The monoisotopic (exact) mass is 403 g/mol. The van der Waals surface area contributed by atoms with Gasteiger partial charge < -0.3 is 10.2 Å². The molecule has 1 fully saturated rings. The lowest BCUT2D eigenvalue weighted by atomic mass is 10.0. The molecule has 0 radical (unpaired) electrons. The largest absolute Gasteiger partial charge is 0.375 e. The summed E-state index contributed by atoms with van der Waals surface area (Å²) in [5.74, 6) is 0.414. The number of nitrogens with zero attached hydrogens (tertiary/aromatic N) is 4. The van der Waals surface area contributed by atoms with Gasteiger partial charge in [-0.1, -0.05) is 30.3 Å². The van der Waals surface area contributed by atoms with Crippen LogP contribution in [0.25, 0.3) is 0 Å². The van der Waals surface area contributed by atoms with Gasteiger partial charge in [0.2, 0.25) is 5.95 Å². The standard InChI is InChI=1S/C22H21N5O3/c28-21(16-6-2-1-3-7-16)17-9-10-19(20(14-17)27(29)30)25-18-8-4-13-26(15-18)22-23-11-5-12-24-22/h1-3,5-7,9-12,14,18,25H,4,8,13,15H2/t18-/m1/s1. The summed E-state index contributed by atoms with van der Waals surface area (Å²) in [6, 6.07) is 15.1. The predicted octanol–water partition coefficient (Wildman–Crippen LogP) is 3.70. The van der Waals surface area contributed by atoms with Gasteiger partial charge in [0, 0.05) is 48.7 Å². The van der Waals surface area contributed by atoms with Crippen LogP contribution in [0.2, 0.25) is 0 Å². The summed E-state index contributed by atoms with van der Waals surface area (Å²) in [7, 11) is 0. The number of aromatic nitrogens is 2. The van der Waals surface area contributed by atoms with Crippen molar-refractivity contribution in [3.05, 3.63) is 88.2 Å². The molecule has 1 N–H and O–H groups in total. The van der Waals surface area contributed by atoms with Crippen molar-refractivity contribution in [2.24, 2.45) is 0 Å². The molecule has 1 aromatic heterocycles. The molecule has 0 amide bonds. The Morgan fingerprint density at radius 1 is 1.07 bits per heavy atom. The molecule has 152 valence electrons. The van der Waals surface area contributed by atoms with E-state index >= 15 is 0 Å². The molecular formula is C22H21N5O3. The van der Waals surface area contributed by atoms with Crippen molar-refractivity contribution in [3.63, 3.8) is 0 Å². The summed E-state index contributed by atoms with van der Waals surface area (Å²) < 4.78 is 0. The Bertz CT molecular complexity index is 1040. The van der Waals surface area contributed by atoms with Gasteiger partial charge in [0.15, 0.2) is 5.78 Å². The Kier molecular flexibility index (Phi) is 5.65. The van der Waals surface area contributed by atoms with Gasteiger partial charge in [-0.25, -0.2) is 9.97 Å². The van der Waals surface area contributed by atoms with Gasteiger partial charge in [-0.2, -0.15) is 0 Å². The smallest absolute Gasteiger partial charge is 0.293 e. The number of hydrogen-bond acceptors (Lipinski definition) is 7. The first-order valence-corrected chi connectivity index (χ1v) is 9.78. The molecule has 1 saturated heterocycles. The second-order valence-corrected chi connectivity index (χ2v) is 7.16. The van der Waals surface area contributed by atoms with E-state index in [0.29, 0.717) is 29.3 Å². The van der Waals surface area contributed by atoms with Crippen LogP contribution in [0.5, 0.6) is 0 Å². The summed E-state index contributed by atoms with van der Waals surface area (Å²) in [6.45, 7) is 1.49. The average Bonchev–Trinajstić information content (AvgIpc) is 2.80. The predicted molar refractivity (Wildman–Crippen MR) is 114 cm³/mol. The lowest BCUT2D eigenvalue weighted by molar-refractivity contribution is -0.384. The summed E-state index contributed by atoms with van der Waals surface area (Å²) in [5.41, 5.74) is 1.09. The van der Waals surface area contributed by atoms with Crippen molar-refractivity contribution in [2.45, 2.75) is 18.9 Å². The number of benzene rings is 2. The van der Waals surface area contributed by atoms with E-state index in [1.807, 2.05) is 6.07 Å². The fraction of sp³-hybridized carbons (Fsp3) is 0.227. The average molecular weight is 403 g/mol. The Morgan fingerprint density at radius 3 is 2.57 bits per heavy atom. The van der Waals surface area contributed by atoms with Crippen LogP contribution in [0.15, 0.2) is 67.0 Å². The molecule has 3 aromatic rings. The molecule has 0 aliphatic carbocycles. The van der Waals surface area contributed by atoms with E-state index in [-0.39, 0.29) is 17.5 Å².